The Morgan fingerprint density at radius 1 is 1.11 bits per heavy atom. The van der Waals surface area contributed by atoms with Crippen molar-refractivity contribution in [1.29, 1.82) is 0 Å². The van der Waals surface area contributed by atoms with Gasteiger partial charge in [0.25, 0.3) is 0 Å². The second-order valence-corrected chi connectivity index (χ2v) is 6.89. The highest BCUT2D eigenvalue weighted by Gasteiger charge is 2.25. The molecule has 1 fully saturated rings. The molecule has 0 amide bonds. The standard InChI is InChI=1S/C19H24N6O2/c1-12-10-25(11-13(2)27-12)19-22-17(16-9-20-24(3)18(16)23-19)21-14-5-7-15(26-4)8-6-14/h5-9,12-13H,10-11H2,1-4H3,(H,21,22,23)/t12-,13+. The molecule has 2 atom stereocenters. The third kappa shape index (κ3) is 3.52. The van der Waals surface area contributed by atoms with Gasteiger partial charge in [0.05, 0.1) is 30.9 Å². The molecule has 8 nitrogen and oxygen atoms in total. The smallest absolute Gasteiger partial charge is 0.229 e. The SMILES string of the molecule is COc1ccc(Nc2nc(N3C[C@@H](C)O[C@@H](C)C3)nc3c2cnn3C)cc1. The van der Waals surface area contributed by atoms with Crippen molar-refractivity contribution < 1.29 is 9.47 Å². The van der Waals surface area contributed by atoms with Gasteiger partial charge in [-0.3, -0.25) is 4.68 Å². The Kier molecular flexibility index (Phi) is 4.57. The summed E-state index contributed by atoms with van der Waals surface area (Å²) in [5.41, 5.74) is 1.72. The number of hydrogen-bond donors (Lipinski definition) is 1. The minimum atomic E-state index is 0.137. The van der Waals surface area contributed by atoms with Crippen LogP contribution in [-0.4, -0.2) is 52.2 Å². The first-order valence-corrected chi connectivity index (χ1v) is 9.04. The fraction of sp³-hybridized carbons (Fsp3) is 0.421. The molecule has 1 aliphatic rings. The number of nitrogens with one attached hydrogen (secondary N) is 1. The molecule has 2 aromatic heterocycles. The second-order valence-electron chi connectivity index (χ2n) is 6.89. The zero-order valence-electron chi connectivity index (χ0n) is 16.0. The lowest BCUT2D eigenvalue weighted by Gasteiger charge is -2.35. The van der Waals surface area contributed by atoms with Crippen LogP contribution in [0.25, 0.3) is 11.0 Å². The molecule has 8 heteroatoms. The van der Waals surface area contributed by atoms with Gasteiger partial charge in [-0.15, -0.1) is 0 Å². The summed E-state index contributed by atoms with van der Waals surface area (Å²) in [6.45, 7) is 5.66. The molecule has 0 unspecified atom stereocenters. The minimum Gasteiger partial charge on any atom is -0.497 e. The minimum absolute atomic E-state index is 0.137. The number of fused-ring (bicyclic) bond motifs is 1. The molecule has 1 aromatic carbocycles. The highest BCUT2D eigenvalue weighted by molar-refractivity contribution is 5.89. The molecule has 27 heavy (non-hydrogen) atoms. The summed E-state index contributed by atoms with van der Waals surface area (Å²) in [6, 6.07) is 7.75. The Hall–Kier alpha value is -2.87. The molecule has 3 heterocycles. The van der Waals surface area contributed by atoms with Crippen LogP contribution in [0.15, 0.2) is 30.5 Å². The van der Waals surface area contributed by atoms with Gasteiger partial charge < -0.3 is 19.7 Å². The van der Waals surface area contributed by atoms with Crippen molar-refractivity contribution in [2.24, 2.45) is 7.05 Å². The van der Waals surface area contributed by atoms with Crippen LogP contribution in [0, 0.1) is 0 Å². The summed E-state index contributed by atoms with van der Waals surface area (Å²) in [4.78, 5) is 11.7. The molecule has 0 radical (unpaired) electrons. The number of aryl methyl sites for hydroxylation is 1. The third-order valence-corrected chi connectivity index (χ3v) is 4.64. The maximum absolute atomic E-state index is 5.84. The van der Waals surface area contributed by atoms with Gasteiger partial charge in [-0.1, -0.05) is 0 Å². The topological polar surface area (TPSA) is 77.3 Å². The molecule has 3 aromatic rings. The largest absolute Gasteiger partial charge is 0.497 e. The number of methoxy groups -OCH3 is 1. The summed E-state index contributed by atoms with van der Waals surface area (Å²) in [5.74, 6) is 2.23. The van der Waals surface area contributed by atoms with Crippen LogP contribution in [0.5, 0.6) is 5.75 Å². The summed E-state index contributed by atoms with van der Waals surface area (Å²) < 4.78 is 12.8. The number of rotatable bonds is 4. The number of anilines is 3. The lowest BCUT2D eigenvalue weighted by molar-refractivity contribution is -0.00569. The van der Waals surface area contributed by atoms with Gasteiger partial charge in [0.15, 0.2) is 5.65 Å². The van der Waals surface area contributed by atoms with Crippen LogP contribution < -0.4 is 15.0 Å². The lowest BCUT2D eigenvalue weighted by Crippen LogP contribution is -2.46. The van der Waals surface area contributed by atoms with Crippen LogP contribution in [0.4, 0.5) is 17.5 Å². The van der Waals surface area contributed by atoms with Crippen LogP contribution in [0.2, 0.25) is 0 Å². The number of hydrogen-bond acceptors (Lipinski definition) is 7. The van der Waals surface area contributed by atoms with Gasteiger partial charge >= 0.3 is 0 Å². The van der Waals surface area contributed by atoms with E-state index in [-0.39, 0.29) is 12.2 Å². The number of aromatic nitrogens is 4. The van der Waals surface area contributed by atoms with Crippen LogP contribution in [-0.2, 0) is 11.8 Å². The van der Waals surface area contributed by atoms with Gasteiger partial charge in [-0.05, 0) is 38.1 Å². The number of benzene rings is 1. The fourth-order valence-electron chi connectivity index (χ4n) is 3.40. The first kappa shape index (κ1) is 17.5. The Morgan fingerprint density at radius 3 is 2.48 bits per heavy atom. The predicted octanol–water partition coefficient (Wildman–Crippen LogP) is 2.73. The van der Waals surface area contributed by atoms with E-state index in [1.807, 2.05) is 31.3 Å². The second kappa shape index (κ2) is 7.03. The molecular formula is C19H24N6O2. The maximum Gasteiger partial charge on any atom is 0.229 e. The van der Waals surface area contributed by atoms with E-state index in [9.17, 15) is 0 Å². The highest BCUT2D eigenvalue weighted by atomic mass is 16.5. The summed E-state index contributed by atoms with van der Waals surface area (Å²) in [7, 11) is 3.55. The van der Waals surface area contributed by atoms with Gasteiger partial charge in [-0.25, -0.2) is 0 Å². The fourth-order valence-corrected chi connectivity index (χ4v) is 3.40. The molecule has 0 saturated carbocycles. The van der Waals surface area contributed by atoms with E-state index < -0.39 is 0 Å². The third-order valence-electron chi connectivity index (χ3n) is 4.64. The molecule has 1 saturated heterocycles. The van der Waals surface area contributed by atoms with Gasteiger partial charge in [0, 0.05) is 25.8 Å². The molecule has 1 N–H and O–H groups in total. The number of morpholine rings is 1. The molecular weight excluding hydrogens is 344 g/mol. The molecule has 1 aliphatic heterocycles. The zero-order valence-corrected chi connectivity index (χ0v) is 16.0. The van der Waals surface area contributed by atoms with E-state index in [1.54, 1.807) is 18.0 Å². The van der Waals surface area contributed by atoms with Crippen LogP contribution in [0.3, 0.4) is 0 Å². The van der Waals surface area contributed by atoms with E-state index >= 15 is 0 Å². The Labute approximate surface area is 158 Å². The van der Waals surface area contributed by atoms with E-state index in [4.69, 9.17) is 19.4 Å². The van der Waals surface area contributed by atoms with E-state index in [0.29, 0.717) is 5.95 Å². The van der Waals surface area contributed by atoms with E-state index in [2.05, 4.69) is 29.2 Å². The molecule has 0 bridgehead atoms. The molecule has 4 rings (SSSR count). The summed E-state index contributed by atoms with van der Waals surface area (Å²) in [6.07, 6.45) is 2.06. The first-order valence-electron chi connectivity index (χ1n) is 9.04. The Balaban J connectivity index is 1.72. The lowest BCUT2D eigenvalue weighted by atomic mass is 10.2. The summed E-state index contributed by atoms with van der Waals surface area (Å²) >= 11 is 0. The van der Waals surface area contributed by atoms with Crippen molar-refractivity contribution in [3.63, 3.8) is 0 Å². The number of nitrogens with zero attached hydrogens (tertiary/aromatic N) is 5. The van der Waals surface area contributed by atoms with E-state index in [1.165, 1.54) is 0 Å². The van der Waals surface area contributed by atoms with Crippen molar-refractivity contribution in [1.82, 2.24) is 19.7 Å². The maximum atomic E-state index is 5.84. The Bertz CT molecular complexity index is 929. The van der Waals surface area contributed by atoms with Crippen molar-refractivity contribution in [3.8, 4) is 5.75 Å². The zero-order chi connectivity index (χ0) is 19.0. The Morgan fingerprint density at radius 2 is 1.81 bits per heavy atom. The van der Waals surface area contributed by atoms with Crippen molar-refractivity contribution in [2.75, 3.05) is 30.4 Å². The predicted molar refractivity (Wildman–Crippen MR) is 105 cm³/mol. The van der Waals surface area contributed by atoms with Gasteiger partial charge in [-0.2, -0.15) is 15.1 Å². The quantitative estimate of drug-likeness (QED) is 0.759. The van der Waals surface area contributed by atoms with Crippen molar-refractivity contribution in [3.05, 3.63) is 30.5 Å². The normalized spacial score (nSPS) is 20.1. The molecule has 0 aliphatic carbocycles. The average molecular weight is 368 g/mol. The van der Waals surface area contributed by atoms with Crippen molar-refractivity contribution >= 4 is 28.5 Å². The molecule has 142 valence electrons. The van der Waals surface area contributed by atoms with E-state index in [0.717, 1.165) is 41.4 Å². The van der Waals surface area contributed by atoms with Gasteiger partial charge in [0.1, 0.15) is 11.6 Å². The molecule has 0 spiro atoms. The van der Waals surface area contributed by atoms with Crippen LogP contribution in [0.1, 0.15) is 13.8 Å². The first-order chi connectivity index (χ1) is 13.0. The highest BCUT2D eigenvalue weighted by Crippen LogP contribution is 2.28. The van der Waals surface area contributed by atoms with Crippen molar-refractivity contribution in [2.45, 2.75) is 26.1 Å². The van der Waals surface area contributed by atoms with Gasteiger partial charge in [0.2, 0.25) is 5.95 Å². The monoisotopic (exact) mass is 368 g/mol. The van der Waals surface area contributed by atoms with Crippen LogP contribution >= 0.6 is 0 Å². The average Bonchev–Trinajstić information content (AvgIpc) is 3.03. The summed E-state index contributed by atoms with van der Waals surface area (Å²) in [5, 5.41) is 8.63. The number of ether oxygens (including phenoxy) is 2.